The van der Waals surface area contributed by atoms with Crippen LogP contribution in [0.1, 0.15) is 9.67 Å². The van der Waals surface area contributed by atoms with Crippen LogP contribution in [-0.2, 0) is 0 Å². The van der Waals surface area contributed by atoms with Crippen LogP contribution < -0.4 is 5.73 Å². The smallest absolute Gasteiger partial charge is 0.266 e. The monoisotopic (exact) mass is 278 g/mol. The zero-order valence-electron chi connectivity index (χ0n) is 9.74. The van der Waals surface area contributed by atoms with Crippen LogP contribution in [0, 0.1) is 12.3 Å². The molecule has 3 nitrogen and oxygen atoms in total. The van der Waals surface area contributed by atoms with Gasteiger partial charge in [-0.2, -0.15) is 0 Å². The van der Waals surface area contributed by atoms with Crippen LogP contribution in [-0.4, -0.2) is 24.4 Å². The quantitative estimate of drug-likeness (QED) is 0.859. The number of anilines is 1. The van der Waals surface area contributed by atoms with E-state index in [0.717, 1.165) is 10.1 Å². The third-order valence-corrected chi connectivity index (χ3v) is 3.97. The first kappa shape index (κ1) is 12.7. The van der Waals surface area contributed by atoms with Crippen LogP contribution in [0.2, 0.25) is 5.02 Å². The van der Waals surface area contributed by atoms with E-state index in [1.165, 1.54) is 16.2 Å². The van der Waals surface area contributed by atoms with Gasteiger partial charge in [-0.15, -0.1) is 17.8 Å². The Hall–Kier alpha value is -1.70. The van der Waals surface area contributed by atoms with E-state index in [9.17, 15) is 4.79 Å². The fourth-order valence-electron chi connectivity index (χ4n) is 1.63. The fraction of sp³-hybridized carbons (Fsp3) is 0.154. The summed E-state index contributed by atoms with van der Waals surface area (Å²) in [5, 5.41) is 1.41. The number of carbonyl (C=O) groups excluding carboxylic acids is 1. The summed E-state index contributed by atoms with van der Waals surface area (Å²) in [6.45, 7) is 0.257. The van der Waals surface area contributed by atoms with Crippen LogP contribution in [0.3, 0.4) is 0 Å². The van der Waals surface area contributed by atoms with Gasteiger partial charge in [0.25, 0.3) is 5.91 Å². The Kier molecular flexibility index (Phi) is 3.46. The Labute approximate surface area is 114 Å². The number of thiophene rings is 1. The molecule has 1 aromatic heterocycles. The zero-order chi connectivity index (χ0) is 13.3. The van der Waals surface area contributed by atoms with Crippen LogP contribution in [0.5, 0.6) is 0 Å². The lowest BCUT2D eigenvalue weighted by molar-refractivity contribution is 0.0818. The van der Waals surface area contributed by atoms with Gasteiger partial charge in [-0.05, 0) is 18.2 Å². The summed E-state index contributed by atoms with van der Waals surface area (Å²) >= 11 is 7.27. The second-order valence-electron chi connectivity index (χ2n) is 3.85. The normalized spacial score (nSPS) is 10.3. The van der Waals surface area contributed by atoms with Crippen molar-refractivity contribution in [1.82, 2.24) is 4.90 Å². The Morgan fingerprint density at radius 3 is 3.00 bits per heavy atom. The molecule has 5 heteroatoms. The molecule has 2 rings (SSSR count). The molecule has 92 valence electrons. The molecule has 18 heavy (non-hydrogen) atoms. The largest absolute Gasteiger partial charge is 0.397 e. The predicted octanol–water partition coefficient (Wildman–Crippen LogP) is 2.84. The maximum atomic E-state index is 12.1. The highest BCUT2D eigenvalue weighted by molar-refractivity contribution is 7.21. The fourth-order valence-corrected chi connectivity index (χ4v) is 2.90. The summed E-state index contributed by atoms with van der Waals surface area (Å²) in [7, 11) is 1.65. The first-order valence-electron chi connectivity index (χ1n) is 5.21. The van der Waals surface area contributed by atoms with Crippen LogP contribution >= 0.6 is 22.9 Å². The second-order valence-corrected chi connectivity index (χ2v) is 5.34. The van der Waals surface area contributed by atoms with Crippen molar-refractivity contribution in [3.05, 3.63) is 28.1 Å². The molecule has 0 radical (unpaired) electrons. The average Bonchev–Trinajstić information content (AvgIpc) is 2.66. The predicted molar refractivity (Wildman–Crippen MR) is 77.0 cm³/mol. The maximum Gasteiger partial charge on any atom is 0.266 e. The molecule has 1 amide bonds. The molecule has 2 aromatic rings. The maximum absolute atomic E-state index is 12.1. The summed E-state index contributed by atoms with van der Waals surface area (Å²) in [5.74, 6) is 2.26. The molecule has 0 saturated heterocycles. The highest BCUT2D eigenvalue weighted by atomic mass is 35.5. The highest BCUT2D eigenvalue weighted by Gasteiger charge is 2.19. The molecule has 1 heterocycles. The lowest BCUT2D eigenvalue weighted by Crippen LogP contribution is -2.26. The van der Waals surface area contributed by atoms with Gasteiger partial charge in [-0.3, -0.25) is 4.79 Å². The molecule has 0 aliphatic carbocycles. The van der Waals surface area contributed by atoms with Gasteiger partial charge in [0.15, 0.2) is 0 Å². The van der Waals surface area contributed by atoms with Gasteiger partial charge in [-0.1, -0.05) is 17.5 Å². The number of nitrogens with zero attached hydrogens (tertiary/aromatic N) is 1. The average molecular weight is 279 g/mol. The van der Waals surface area contributed by atoms with E-state index < -0.39 is 0 Å². The van der Waals surface area contributed by atoms with Gasteiger partial charge >= 0.3 is 0 Å². The summed E-state index contributed by atoms with van der Waals surface area (Å²) in [6, 6.07) is 5.40. The number of amides is 1. The van der Waals surface area contributed by atoms with Crippen molar-refractivity contribution in [2.24, 2.45) is 0 Å². The highest BCUT2D eigenvalue weighted by Crippen LogP contribution is 2.35. The molecule has 0 aliphatic rings. The minimum atomic E-state index is -0.164. The molecular formula is C13H11ClN2OS. The van der Waals surface area contributed by atoms with Gasteiger partial charge < -0.3 is 10.6 Å². The topological polar surface area (TPSA) is 46.3 Å². The third-order valence-electron chi connectivity index (χ3n) is 2.56. The molecule has 0 bridgehead atoms. The number of nitrogen functional groups attached to an aromatic ring is 1. The molecule has 0 saturated carbocycles. The number of carbonyl (C=O) groups is 1. The number of rotatable bonds is 2. The minimum Gasteiger partial charge on any atom is -0.397 e. The molecular weight excluding hydrogens is 268 g/mol. The lowest BCUT2D eigenvalue weighted by Gasteiger charge is -2.12. The van der Waals surface area contributed by atoms with E-state index in [2.05, 4.69) is 5.92 Å². The van der Waals surface area contributed by atoms with Gasteiger partial charge in [0.05, 0.1) is 12.2 Å². The van der Waals surface area contributed by atoms with Crippen LogP contribution in [0.25, 0.3) is 10.1 Å². The molecule has 0 spiro atoms. The molecule has 0 unspecified atom stereocenters. The third kappa shape index (κ3) is 2.15. The standard InChI is InChI=1S/C13H11ClN2OS/c1-3-6-16(2)13(17)12-11(15)9-7-8(14)4-5-10(9)18-12/h1,4-5,7H,6,15H2,2H3. The molecule has 0 aliphatic heterocycles. The van der Waals surface area contributed by atoms with Crippen molar-refractivity contribution in [3.63, 3.8) is 0 Å². The van der Waals surface area contributed by atoms with E-state index in [0.29, 0.717) is 15.6 Å². The van der Waals surface area contributed by atoms with Crippen LogP contribution in [0.15, 0.2) is 18.2 Å². The molecule has 1 aromatic carbocycles. The number of hydrogen-bond donors (Lipinski definition) is 1. The molecule has 2 N–H and O–H groups in total. The summed E-state index contributed by atoms with van der Waals surface area (Å²) in [6.07, 6.45) is 5.19. The van der Waals surface area contributed by atoms with Crippen LogP contribution in [0.4, 0.5) is 5.69 Å². The molecule has 0 fully saturated rings. The van der Waals surface area contributed by atoms with Gasteiger partial charge in [0.2, 0.25) is 0 Å². The van der Waals surface area contributed by atoms with Crippen molar-refractivity contribution in [2.45, 2.75) is 0 Å². The number of hydrogen-bond acceptors (Lipinski definition) is 3. The Morgan fingerprint density at radius 2 is 2.33 bits per heavy atom. The number of benzene rings is 1. The van der Waals surface area contributed by atoms with Crippen molar-refractivity contribution < 1.29 is 4.79 Å². The van der Waals surface area contributed by atoms with Crippen molar-refractivity contribution in [3.8, 4) is 12.3 Å². The second kappa shape index (κ2) is 4.89. The Balaban J connectivity index is 2.50. The van der Waals surface area contributed by atoms with E-state index in [4.69, 9.17) is 23.8 Å². The van der Waals surface area contributed by atoms with Crippen molar-refractivity contribution in [1.29, 1.82) is 0 Å². The van der Waals surface area contributed by atoms with E-state index in [-0.39, 0.29) is 12.5 Å². The van der Waals surface area contributed by atoms with E-state index in [1.54, 1.807) is 19.2 Å². The van der Waals surface area contributed by atoms with Gasteiger partial charge in [0.1, 0.15) is 4.88 Å². The number of halogens is 1. The number of nitrogens with two attached hydrogens (primary N) is 1. The minimum absolute atomic E-state index is 0.164. The first-order chi connectivity index (χ1) is 8.54. The summed E-state index contributed by atoms with van der Waals surface area (Å²) < 4.78 is 0.939. The summed E-state index contributed by atoms with van der Waals surface area (Å²) in [4.78, 5) is 14.1. The Morgan fingerprint density at radius 1 is 1.61 bits per heavy atom. The van der Waals surface area contributed by atoms with Crippen molar-refractivity contribution >= 4 is 44.6 Å². The van der Waals surface area contributed by atoms with E-state index in [1.807, 2.05) is 6.07 Å². The molecule has 0 atom stereocenters. The summed E-state index contributed by atoms with van der Waals surface area (Å²) in [5.41, 5.74) is 6.46. The number of terminal acetylenes is 1. The zero-order valence-corrected chi connectivity index (χ0v) is 11.3. The lowest BCUT2D eigenvalue weighted by atomic mass is 10.2. The SMILES string of the molecule is C#CCN(C)C(=O)c1sc2ccc(Cl)cc2c1N. The van der Waals surface area contributed by atoms with E-state index >= 15 is 0 Å². The van der Waals surface area contributed by atoms with Gasteiger partial charge in [0, 0.05) is 22.2 Å². The Bertz CT molecular complexity index is 657. The van der Waals surface area contributed by atoms with Crippen molar-refractivity contribution in [2.75, 3.05) is 19.3 Å². The first-order valence-corrected chi connectivity index (χ1v) is 6.40. The van der Waals surface area contributed by atoms with Gasteiger partial charge in [-0.25, -0.2) is 0 Å². The number of fused-ring (bicyclic) bond motifs is 1.